The maximum atomic E-state index is 14.4. The van der Waals surface area contributed by atoms with Crippen molar-refractivity contribution in [2.24, 2.45) is 16.6 Å². The van der Waals surface area contributed by atoms with Crippen LogP contribution in [0.5, 0.6) is 0 Å². The summed E-state index contributed by atoms with van der Waals surface area (Å²) in [4.78, 5) is 209. The van der Waals surface area contributed by atoms with E-state index >= 15 is 0 Å². The molecule has 43 heteroatoms. The van der Waals surface area contributed by atoms with Gasteiger partial charge in [0.1, 0.15) is 71.1 Å². The lowest BCUT2D eigenvalue weighted by molar-refractivity contribution is -0.141. The van der Waals surface area contributed by atoms with Gasteiger partial charge in [-0.05, 0) is 100.0 Å². The van der Waals surface area contributed by atoms with Gasteiger partial charge in [0.05, 0.1) is 42.6 Å². The zero-order valence-electron chi connectivity index (χ0n) is 62.5. The molecule has 4 aromatic rings. The molecule has 2 aliphatic heterocycles. The molecule has 3 aromatic carbocycles. The molecule has 0 saturated carbocycles. The second-order valence-corrected chi connectivity index (χ2v) is 28.1. The average molecular weight is 1620 g/mol. The van der Waals surface area contributed by atoms with Gasteiger partial charge in [-0.3, -0.25) is 88.2 Å². The summed E-state index contributed by atoms with van der Waals surface area (Å²) in [6, 6.07) is 11.6. The zero-order chi connectivity index (χ0) is 84.0. The second-order valence-electron chi connectivity index (χ2n) is 26.6. The first-order chi connectivity index (χ1) is 54.8. The van der Waals surface area contributed by atoms with Gasteiger partial charge >= 0.3 is 11.9 Å². The maximum absolute atomic E-state index is 14.4. The predicted molar refractivity (Wildman–Crippen MR) is 414 cm³/mol. The number of hydrogen-bond acceptors (Lipinski definition) is 23. The van der Waals surface area contributed by atoms with Gasteiger partial charge in [-0.1, -0.05) is 78.9 Å². The molecule has 0 unspecified atom stereocenters. The predicted octanol–water partition coefficient (Wildman–Crippen LogP) is -3.34. The van der Waals surface area contributed by atoms with Gasteiger partial charge in [-0.15, -0.1) is 0 Å². The number of nitrogens with zero attached hydrogens (tertiary/aromatic N) is 2. The Kier molecular flexibility index (Phi) is 37.0. The Labute approximate surface area is 660 Å². The number of hydrogen-bond donors (Lipinski definition) is 25. The molecule has 27 N–H and O–H groups in total. The standard InChI is InChI=1S/C72H98N22O20S/c73-71(74)79-31-13-22-45-63(104)82-39-57(96)85-52(35-59(98)99)69(110)92-50(33-41-15-3-1-4-16-41)67(108)90-47(65(106)88-45)20-9-11-29-77-56(95)28-26-49(87-61(102)44-25-27-55(81-37-44)94-84-38-43-19-7-8-24-54(43)115(112,113)114)62(103)78-30-12-10-21-48-66(107)89-46(23-14-32-80-72(75)76)64(105)83-40-58(97)86-53(36-60(100)101)70(111)93-51(68(109)91-48)34-42-17-5-2-6-18-42/h1-8,15-19,24-25,27,37-38,45-53,112-114H,9-14,20-23,26,28-36,39-40H2,(H,77,95)(H,78,103)(H,81,94)(H,82,104)(H,83,105)(H,85,96)(H,86,97)(H,87,102)(H,88,106)(H,89,107)(H,90,108)(H,91,109)(H,92,110)(H,93,111)(H,98,99)(H,100,101)(H4,73,74,79)(H4,75,76,80)/b84-38+/t45-,46-,47-,48-,49-,50+,51+,52-,53-/m0/s1. The number of carbonyl (C=O) groups excluding carboxylic acids is 13. The van der Waals surface area contributed by atoms with Gasteiger partial charge in [0.2, 0.25) is 70.9 Å². The third-order valence-corrected chi connectivity index (χ3v) is 18.6. The van der Waals surface area contributed by atoms with Gasteiger partial charge in [0, 0.05) is 57.2 Å². The van der Waals surface area contributed by atoms with E-state index in [9.17, 15) is 95.8 Å². The first-order valence-corrected chi connectivity index (χ1v) is 38.2. The van der Waals surface area contributed by atoms with Crippen LogP contribution in [0.4, 0.5) is 5.82 Å². The van der Waals surface area contributed by atoms with E-state index in [4.69, 9.17) is 22.3 Å². The van der Waals surface area contributed by atoms with E-state index in [1.165, 1.54) is 36.5 Å². The Morgan fingerprint density at radius 3 is 1.35 bits per heavy atom. The lowest BCUT2D eigenvalue weighted by atomic mass is 10.0. The molecule has 0 spiro atoms. The van der Waals surface area contributed by atoms with Crippen LogP contribution in [0.3, 0.4) is 0 Å². The van der Waals surface area contributed by atoms with Crippen LogP contribution >= 0.6 is 10.9 Å². The van der Waals surface area contributed by atoms with Crippen LogP contribution in [0, 0.1) is 10.8 Å². The van der Waals surface area contributed by atoms with Crippen LogP contribution in [0.25, 0.3) is 0 Å². The Bertz CT molecular complexity index is 4120. The van der Waals surface area contributed by atoms with Gasteiger partial charge in [-0.25, -0.2) is 4.98 Å². The number of amides is 13. The van der Waals surface area contributed by atoms with E-state index < -0.39 is 186 Å². The van der Waals surface area contributed by atoms with Crippen molar-refractivity contribution in [2.75, 3.05) is 44.7 Å². The van der Waals surface area contributed by atoms with Crippen LogP contribution < -0.4 is 96.6 Å². The minimum absolute atomic E-state index is 0.0439. The number of aromatic nitrogens is 1. The highest BCUT2D eigenvalue weighted by molar-refractivity contribution is 8.19. The first-order valence-electron chi connectivity index (χ1n) is 36.7. The lowest BCUT2D eigenvalue weighted by Crippen LogP contribution is -2.58. The molecule has 13 amide bonds. The molecule has 3 heterocycles. The molecular weight excluding hydrogens is 1520 g/mol. The van der Waals surface area contributed by atoms with Crippen molar-refractivity contribution in [1.82, 2.24) is 84.7 Å². The normalized spacial score (nSPS) is 20.0. The van der Waals surface area contributed by atoms with E-state index in [1.54, 1.807) is 66.7 Å². The van der Waals surface area contributed by atoms with Gasteiger partial charge in [0.15, 0.2) is 11.9 Å². The third kappa shape index (κ3) is 33.1. The van der Waals surface area contributed by atoms with E-state index in [1.807, 2.05) is 0 Å². The minimum Gasteiger partial charge on any atom is -0.481 e. The Morgan fingerprint density at radius 1 is 0.496 bits per heavy atom. The molecule has 115 heavy (non-hydrogen) atoms. The first kappa shape index (κ1) is 91.0. The van der Waals surface area contributed by atoms with Gasteiger partial charge < -0.3 is 115 Å². The summed E-state index contributed by atoms with van der Waals surface area (Å²) in [5, 5.41) is 76.5. The molecule has 2 aliphatic rings. The lowest BCUT2D eigenvalue weighted by Gasteiger charge is -2.26. The molecule has 0 radical (unpaired) electrons. The average Bonchev–Trinajstić information content (AvgIpc) is 1.74. The highest BCUT2D eigenvalue weighted by Gasteiger charge is 2.37. The minimum atomic E-state index is -4.12. The fourth-order valence-corrected chi connectivity index (χ4v) is 12.4. The number of nitrogens with one attached hydrogen (secondary N) is 18. The maximum Gasteiger partial charge on any atom is 0.305 e. The second kappa shape index (κ2) is 46.8. The molecule has 42 nitrogen and oxygen atoms in total. The van der Waals surface area contributed by atoms with Crippen LogP contribution in [-0.4, -0.2) is 229 Å². The Hall–Kier alpha value is -12.9. The summed E-state index contributed by atoms with van der Waals surface area (Å²) in [5.41, 5.74) is 14.6. The highest BCUT2D eigenvalue weighted by Crippen LogP contribution is 2.44. The number of nitrogens with two attached hydrogens (primary N) is 2. The number of guanidine groups is 2. The summed E-state index contributed by atoms with van der Waals surface area (Å²) in [7, 11) is -4.12. The zero-order valence-corrected chi connectivity index (χ0v) is 63.3. The fourth-order valence-electron chi connectivity index (χ4n) is 11.7. The largest absolute Gasteiger partial charge is 0.481 e. The third-order valence-electron chi connectivity index (χ3n) is 17.6. The van der Waals surface area contributed by atoms with Crippen LogP contribution in [0.2, 0.25) is 0 Å². The number of unbranched alkanes of at least 4 members (excludes halogenated alkanes) is 2. The number of carboxylic acid groups (broad SMARTS) is 2. The van der Waals surface area contributed by atoms with Crippen LogP contribution in [0.15, 0.2) is 113 Å². The number of carboxylic acids is 2. The molecule has 0 bridgehead atoms. The SMILES string of the molecule is N=C(N)NCCC[C@@H]1NC(=O)[C@H](CCCCNC(=O)CC[C@H](NC(=O)c2ccc(N/N=C/c3ccccc3S(O)(O)O)nc2)C(=O)NCCCC[C@@H]2NC(=O)[C@@H](Cc3ccccc3)NC(=O)[C@H](CC(=O)O)NC(=O)CNC(=O)[C@H](CCCNC(=N)N)NC2=O)NC(=O)[C@@H](Cc2ccccc2)NC(=O)[C@H](CC(=O)O)NC(=O)CNC1=O. The highest BCUT2D eigenvalue weighted by atomic mass is 32.3. The molecule has 2 fully saturated rings. The Balaban J connectivity index is 1.19. The molecule has 9 atom stereocenters. The van der Waals surface area contributed by atoms with Gasteiger partial charge in [-0.2, -0.15) is 5.10 Å². The van der Waals surface area contributed by atoms with E-state index in [0.29, 0.717) is 11.1 Å². The number of hydrazone groups is 1. The molecule has 0 aliphatic carbocycles. The fraction of sp³-hybridized carbons (Fsp3) is 0.431. The number of pyridine rings is 1. The number of benzene rings is 3. The number of anilines is 1. The van der Waals surface area contributed by atoms with E-state index in [-0.39, 0.29) is 143 Å². The Morgan fingerprint density at radius 2 is 0.904 bits per heavy atom. The molecule has 2 saturated heterocycles. The summed E-state index contributed by atoms with van der Waals surface area (Å²) >= 11 is 0. The van der Waals surface area contributed by atoms with Crippen LogP contribution in [-0.2, 0) is 80.0 Å². The van der Waals surface area contributed by atoms with E-state index in [0.717, 1.165) is 6.20 Å². The molecule has 622 valence electrons. The number of carbonyl (C=O) groups is 15. The molecule has 1 aromatic heterocycles. The summed E-state index contributed by atoms with van der Waals surface area (Å²) < 4.78 is 29.6. The van der Waals surface area contributed by atoms with Crippen molar-refractivity contribution in [3.63, 3.8) is 0 Å². The van der Waals surface area contributed by atoms with Crippen molar-refractivity contribution < 1.29 is 95.8 Å². The van der Waals surface area contributed by atoms with Crippen molar-refractivity contribution in [1.29, 1.82) is 10.8 Å². The quantitative estimate of drug-likeness (QED) is 0.00916. The monoisotopic (exact) mass is 1620 g/mol. The van der Waals surface area contributed by atoms with Gasteiger partial charge in [0.25, 0.3) is 5.91 Å². The summed E-state index contributed by atoms with van der Waals surface area (Å²) in [5.74, 6) is -15.4. The molecular formula is C72H98N22O20S. The van der Waals surface area contributed by atoms with Crippen molar-refractivity contribution in [2.45, 2.75) is 162 Å². The van der Waals surface area contributed by atoms with Crippen LogP contribution in [0.1, 0.15) is 117 Å². The molecule has 6 rings (SSSR count). The van der Waals surface area contributed by atoms with Crippen molar-refractivity contribution in [3.8, 4) is 0 Å². The topological polar surface area (TPSA) is 675 Å². The summed E-state index contributed by atoms with van der Waals surface area (Å²) in [6.07, 6.45) is -0.542. The van der Waals surface area contributed by atoms with Crippen molar-refractivity contribution in [3.05, 3.63) is 126 Å². The number of rotatable bonds is 36. The smallest absolute Gasteiger partial charge is 0.305 e. The summed E-state index contributed by atoms with van der Waals surface area (Å²) in [6.45, 7) is -1.60. The number of aliphatic carboxylic acids is 2. The van der Waals surface area contributed by atoms with Crippen molar-refractivity contribution >= 4 is 124 Å². The van der Waals surface area contributed by atoms with E-state index in [2.05, 4.69) is 95.3 Å².